The molecule has 0 saturated carbocycles. The lowest BCUT2D eigenvalue weighted by atomic mass is 9.96. The van der Waals surface area contributed by atoms with Gasteiger partial charge in [-0.3, -0.25) is 0 Å². The Morgan fingerprint density at radius 1 is 0.909 bits per heavy atom. The smallest absolute Gasteiger partial charge is 0.264 e. The van der Waals surface area contributed by atoms with E-state index < -0.39 is 10.0 Å². The average Bonchev–Trinajstić information content (AvgIpc) is 3.40. The van der Waals surface area contributed by atoms with Crippen molar-refractivity contribution in [3.05, 3.63) is 72.8 Å². The van der Waals surface area contributed by atoms with Crippen LogP contribution in [-0.4, -0.2) is 66.0 Å². The molecular formula is C27H25N11O4S2. The molecule has 0 saturated heterocycles. The van der Waals surface area contributed by atoms with Crippen LogP contribution in [0.1, 0.15) is 11.5 Å². The predicted octanol–water partition coefficient (Wildman–Crippen LogP) is 3.28. The molecule has 17 heteroatoms. The maximum Gasteiger partial charge on any atom is 0.264 e. The molecule has 2 aliphatic rings. The van der Waals surface area contributed by atoms with Gasteiger partial charge >= 0.3 is 0 Å². The van der Waals surface area contributed by atoms with Crippen molar-refractivity contribution in [2.24, 2.45) is 9.98 Å². The van der Waals surface area contributed by atoms with Crippen molar-refractivity contribution in [1.29, 1.82) is 0 Å². The third kappa shape index (κ3) is 6.04. The van der Waals surface area contributed by atoms with Crippen LogP contribution in [0, 0.1) is 0 Å². The van der Waals surface area contributed by atoms with Gasteiger partial charge in [0.15, 0.2) is 16.6 Å². The first kappa shape index (κ1) is 28.7. The molecule has 0 spiro atoms. The van der Waals surface area contributed by atoms with Crippen molar-refractivity contribution in [2.45, 2.75) is 17.0 Å². The summed E-state index contributed by atoms with van der Waals surface area (Å²) in [7, 11) is -0.674. The lowest BCUT2D eigenvalue weighted by Gasteiger charge is -2.22. The quantitative estimate of drug-likeness (QED) is 0.178. The van der Waals surface area contributed by atoms with Crippen LogP contribution in [-0.2, 0) is 10.0 Å². The van der Waals surface area contributed by atoms with Gasteiger partial charge in [0.05, 0.1) is 43.1 Å². The second kappa shape index (κ2) is 12.1. The number of benzene rings is 2. The van der Waals surface area contributed by atoms with Crippen LogP contribution >= 0.6 is 12.2 Å². The zero-order valence-electron chi connectivity index (χ0n) is 23.2. The van der Waals surface area contributed by atoms with Crippen molar-refractivity contribution in [2.75, 3.05) is 40.2 Å². The molecule has 0 bridgehead atoms. The van der Waals surface area contributed by atoms with E-state index in [-0.39, 0.29) is 28.0 Å². The molecule has 0 amide bonds. The second-order valence-corrected chi connectivity index (χ2v) is 11.4. The summed E-state index contributed by atoms with van der Waals surface area (Å²) in [5, 5.41) is 12.8. The molecule has 4 aromatic rings. The van der Waals surface area contributed by atoms with E-state index in [0.29, 0.717) is 34.7 Å². The Bertz CT molecular complexity index is 1850. The van der Waals surface area contributed by atoms with Crippen LogP contribution in [0.15, 0.2) is 82.1 Å². The molecule has 0 aliphatic carbocycles. The van der Waals surface area contributed by atoms with Gasteiger partial charge in [-0.05, 0) is 54.2 Å². The number of ether oxygens (including phenoxy) is 2. The summed E-state index contributed by atoms with van der Waals surface area (Å²) in [6, 6.07) is 11.4. The minimum absolute atomic E-state index is 0.0177. The number of amidine groups is 1. The fourth-order valence-corrected chi connectivity index (χ4v) is 5.77. The molecule has 4 heterocycles. The number of rotatable bonds is 8. The molecule has 0 radical (unpaired) electrons. The number of hydrogen-bond acceptors (Lipinski definition) is 13. The van der Waals surface area contributed by atoms with E-state index in [1.165, 1.54) is 30.9 Å². The predicted molar refractivity (Wildman–Crippen MR) is 170 cm³/mol. The van der Waals surface area contributed by atoms with Gasteiger partial charge in [0, 0.05) is 29.8 Å². The van der Waals surface area contributed by atoms with Crippen molar-refractivity contribution in [3.8, 4) is 11.5 Å². The number of methoxy groups -OCH3 is 2. The van der Waals surface area contributed by atoms with E-state index in [9.17, 15) is 8.42 Å². The Balaban J connectivity index is 1.07. The highest BCUT2D eigenvalue weighted by Gasteiger charge is 2.38. The first-order valence-electron chi connectivity index (χ1n) is 13.0. The van der Waals surface area contributed by atoms with E-state index in [1.54, 1.807) is 44.8 Å². The van der Waals surface area contributed by atoms with Crippen LogP contribution in [0.3, 0.4) is 0 Å². The largest absolute Gasteiger partial charge is 0.493 e. The zero-order valence-corrected chi connectivity index (χ0v) is 24.8. The molecule has 2 aromatic carbocycles. The first-order valence-corrected chi connectivity index (χ1v) is 14.9. The highest BCUT2D eigenvalue weighted by Crippen LogP contribution is 2.44. The number of aromatic nitrogens is 4. The number of nitrogens with zero attached hydrogens (tertiary/aromatic N) is 6. The van der Waals surface area contributed by atoms with E-state index >= 15 is 0 Å². The Kier molecular flexibility index (Phi) is 7.86. The SMILES string of the molecule is COc1cc2c(cc1OC)C1C(Nc3ncc(NC(=S)Nc4ccc(S(=O)(=O)Nc5ncccn5)cc4)cn3)=NC=NC1N2. The van der Waals surface area contributed by atoms with Crippen LogP contribution in [0.2, 0.25) is 0 Å². The lowest BCUT2D eigenvalue weighted by Crippen LogP contribution is -2.33. The van der Waals surface area contributed by atoms with Gasteiger partial charge in [0.25, 0.3) is 10.0 Å². The van der Waals surface area contributed by atoms with E-state index in [2.05, 4.69) is 55.9 Å². The molecule has 15 nitrogen and oxygen atoms in total. The number of sulfonamides is 1. The third-order valence-corrected chi connectivity index (χ3v) is 8.14. The molecule has 224 valence electrons. The summed E-state index contributed by atoms with van der Waals surface area (Å²) in [6.45, 7) is 0. The molecule has 6 rings (SSSR count). The molecule has 0 fully saturated rings. The van der Waals surface area contributed by atoms with Crippen LogP contribution in [0.5, 0.6) is 11.5 Å². The van der Waals surface area contributed by atoms with Gasteiger partial charge in [-0.2, -0.15) is 0 Å². The summed E-state index contributed by atoms with van der Waals surface area (Å²) in [6.07, 6.45) is 7.26. The maximum atomic E-state index is 12.6. The molecule has 2 unspecified atom stereocenters. The van der Waals surface area contributed by atoms with Gasteiger partial charge in [-0.25, -0.2) is 43.1 Å². The molecule has 44 heavy (non-hydrogen) atoms. The topological polar surface area (TPSA) is 189 Å². The second-order valence-electron chi connectivity index (χ2n) is 9.34. The summed E-state index contributed by atoms with van der Waals surface area (Å²) >= 11 is 5.40. The molecular weight excluding hydrogens is 607 g/mol. The highest BCUT2D eigenvalue weighted by molar-refractivity contribution is 7.92. The highest BCUT2D eigenvalue weighted by atomic mass is 32.2. The molecule has 2 aliphatic heterocycles. The summed E-state index contributed by atoms with van der Waals surface area (Å²) in [5.41, 5.74) is 2.94. The van der Waals surface area contributed by atoms with E-state index in [4.69, 9.17) is 21.7 Å². The molecule has 5 N–H and O–H groups in total. The zero-order chi connectivity index (χ0) is 30.7. The van der Waals surface area contributed by atoms with Gasteiger partial charge in [-0.15, -0.1) is 0 Å². The fourth-order valence-electron chi connectivity index (χ4n) is 4.58. The van der Waals surface area contributed by atoms with E-state index in [0.717, 1.165) is 11.3 Å². The first-order chi connectivity index (χ1) is 21.3. The minimum Gasteiger partial charge on any atom is -0.493 e. The van der Waals surface area contributed by atoms with Gasteiger partial charge in [0.1, 0.15) is 18.3 Å². The Morgan fingerprint density at radius 2 is 1.59 bits per heavy atom. The number of nitrogens with one attached hydrogen (secondary N) is 5. The summed E-state index contributed by atoms with van der Waals surface area (Å²) in [4.78, 5) is 25.5. The normalized spacial score (nSPS) is 16.5. The van der Waals surface area contributed by atoms with E-state index in [1.807, 2.05) is 12.1 Å². The van der Waals surface area contributed by atoms with Gasteiger partial charge in [0.2, 0.25) is 11.9 Å². The summed E-state index contributed by atoms with van der Waals surface area (Å²) < 4.78 is 38.4. The minimum atomic E-state index is -3.85. The Hall–Kier alpha value is -5.42. The lowest BCUT2D eigenvalue weighted by molar-refractivity contribution is 0.355. The van der Waals surface area contributed by atoms with Crippen molar-refractivity contribution in [3.63, 3.8) is 0 Å². The fraction of sp³-hybridized carbons (Fsp3) is 0.148. The van der Waals surface area contributed by atoms with Crippen molar-refractivity contribution >= 4 is 68.5 Å². The maximum absolute atomic E-state index is 12.6. The number of aliphatic imine (C=N–C) groups is 2. The monoisotopic (exact) mass is 631 g/mol. The van der Waals surface area contributed by atoms with Crippen molar-refractivity contribution < 1.29 is 17.9 Å². The third-order valence-electron chi connectivity index (χ3n) is 6.59. The van der Waals surface area contributed by atoms with Crippen molar-refractivity contribution in [1.82, 2.24) is 19.9 Å². The Morgan fingerprint density at radius 3 is 2.30 bits per heavy atom. The number of fused-ring (bicyclic) bond motifs is 3. The number of hydrogen-bond donors (Lipinski definition) is 5. The van der Waals surface area contributed by atoms with Crippen LogP contribution in [0.25, 0.3) is 0 Å². The molecule has 2 atom stereocenters. The molecule has 2 aromatic heterocycles. The number of anilines is 5. The van der Waals surface area contributed by atoms with Gasteiger partial charge in [-0.1, -0.05) is 0 Å². The average molecular weight is 632 g/mol. The standard InChI is InChI=1S/C27H25N11O4S2/c1-41-20-10-18-19(11-21(20)42-2)36-23-22(18)24(33-14-32-23)37-25-30-12-16(13-31-25)35-27(43)34-15-4-6-17(7-5-15)44(39,40)38-26-28-8-3-9-29-26/h3-14,22-23,36H,1-2H3,(H,28,29,38)(H2,34,35,43)(H,30,31,32,33,37). The van der Waals surface area contributed by atoms with Crippen LogP contribution in [0.4, 0.5) is 29.0 Å². The van der Waals surface area contributed by atoms with Gasteiger partial charge < -0.3 is 30.7 Å². The van der Waals surface area contributed by atoms with Crippen LogP contribution < -0.4 is 35.5 Å². The Labute approximate surface area is 257 Å². The number of thiocarbonyl (C=S) groups is 1. The summed E-state index contributed by atoms with van der Waals surface area (Å²) in [5.74, 6) is 1.95.